The minimum absolute atomic E-state index is 0.0415. The fourth-order valence-corrected chi connectivity index (χ4v) is 2.33. The van der Waals surface area contributed by atoms with Crippen molar-refractivity contribution < 1.29 is 9.84 Å². The van der Waals surface area contributed by atoms with Crippen molar-refractivity contribution in [3.63, 3.8) is 0 Å². The second-order valence-electron chi connectivity index (χ2n) is 5.24. The highest BCUT2D eigenvalue weighted by atomic mass is 16.5. The van der Waals surface area contributed by atoms with E-state index < -0.39 is 5.69 Å². The second-order valence-corrected chi connectivity index (χ2v) is 5.24. The number of hydrogen-bond acceptors (Lipinski definition) is 4. The summed E-state index contributed by atoms with van der Waals surface area (Å²) in [6, 6.07) is 14.5. The lowest BCUT2D eigenvalue weighted by Crippen LogP contribution is -2.11. The van der Waals surface area contributed by atoms with Crippen LogP contribution in [0.25, 0.3) is 22.5 Å². The molecule has 0 bridgehead atoms. The molecule has 23 heavy (non-hydrogen) atoms. The first-order chi connectivity index (χ1) is 11.1. The third-order valence-corrected chi connectivity index (χ3v) is 3.58. The van der Waals surface area contributed by atoms with E-state index in [9.17, 15) is 9.90 Å². The van der Waals surface area contributed by atoms with Crippen molar-refractivity contribution in [2.24, 2.45) is 0 Å². The summed E-state index contributed by atoms with van der Waals surface area (Å²) in [5, 5.41) is 9.68. The fourth-order valence-electron chi connectivity index (χ4n) is 2.33. The molecule has 0 aliphatic carbocycles. The zero-order valence-corrected chi connectivity index (χ0v) is 12.8. The van der Waals surface area contributed by atoms with Crippen LogP contribution in [0.4, 0.5) is 0 Å². The molecule has 0 saturated heterocycles. The van der Waals surface area contributed by atoms with E-state index in [2.05, 4.69) is 9.97 Å². The number of phenolic OH excluding ortho intramolecular Hbond substituents is 1. The molecule has 0 amide bonds. The molecule has 3 rings (SSSR count). The van der Waals surface area contributed by atoms with Crippen molar-refractivity contribution in [2.45, 2.75) is 6.92 Å². The van der Waals surface area contributed by atoms with E-state index >= 15 is 0 Å². The lowest BCUT2D eigenvalue weighted by atomic mass is 10.1. The van der Waals surface area contributed by atoms with Crippen LogP contribution in [0.3, 0.4) is 0 Å². The number of aryl methyl sites for hydroxylation is 1. The Hall–Kier alpha value is -3.08. The summed E-state index contributed by atoms with van der Waals surface area (Å²) in [5.41, 5.74) is 3.52. The van der Waals surface area contributed by atoms with Crippen molar-refractivity contribution in [1.82, 2.24) is 9.97 Å². The lowest BCUT2D eigenvalue weighted by molar-refractivity contribution is 0.373. The first kappa shape index (κ1) is 14.8. The van der Waals surface area contributed by atoms with Gasteiger partial charge in [-0.1, -0.05) is 29.8 Å². The number of aromatic hydroxyl groups is 1. The van der Waals surface area contributed by atoms with E-state index in [4.69, 9.17) is 4.74 Å². The molecule has 1 aromatic heterocycles. The standard InChI is InChI=1S/C18H16N2O3/c1-11-3-5-12(6-4-11)14-10-15(20-18(22)19-14)13-7-8-16(21)17(9-13)23-2/h3-10,21H,1-2H3,(H,19,20,22). The van der Waals surface area contributed by atoms with Crippen molar-refractivity contribution in [3.8, 4) is 34.0 Å². The highest BCUT2D eigenvalue weighted by Crippen LogP contribution is 2.31. The Morgan fingerprint density at radius 2 is 1.74 bits per heavy atom. The zero-order chi connectivity index (χ0) is 16.4. The number of aromatic amines is 1. The minimum atomic E-state index is -0.426. The number of H-pyrrole nitrogens is 1. The van der Waals surface area contributed by atoms with E-state index in [-0.39, 0.29) is 5.75 Å². The Morgan fingerprint density at radius 1 is 1.04 bits per heavy atom. The van der Waals surface area contributed by atoms with Crippen molar-refractivity contribution in [1.29, 1.82) is 0 Å². The van der Waals surface area contributed by atoms with Gasteiger partial charge < -0.3 is 14.8 Å². The molecule has 0 unspecified atom stereocenters. The van der Waals surface area contributed by atoms with Gasteiger partial charge in [0.1, 0.15) is 0 Å². The third kappa shape index (κ3) is 3.08. The molecule has 3 aromatic rings. The van der Waals surface area contributed by atoms with Crippen molar-refractivity contribution >= 4 is 0 Å². The summed E-state index contributed by atoms with van der Waals surface area (Å²) < 4.78 is 5.10. The van der Waals surface area contributed by atoms with Gasteiger partial charge in [-0.15, -0.1) is 0 Å². The van der Waals surface area contributed by atoms with Crippen LogP contribution in [0.1, 0.15) is 5.56 Å². The highest BCUT2D eigenvalue weighted by molar-refractivity contribution is 5.69. The molecule has 116 valence electrons. The Balaban J connectivity index is 2.11. The van der Waals surface area contributed by atoms with Crippen LogP contribution in [-0.2, 0) is 0 Å². The quantitative estimate of drug-likeness (QED) is 0.779. The first-order valence-corrected chi connectivity index (χ1v) is 7.12. The maximum absolute atomic E-state index is 11.9. The summed E-state index contributed by atoms with van der Waals surface area (Å²) in [5.74, 6) is 0.376. The predicted octanol–water partition coefficient (Wildman–Crippen LogP) is 3.13. The summed E-state index contributed by atoms with van der Waals surface area (Å²) in [6.07, 6.45) is 0. The number of ether oxygens (including phenoxy) is 1. The van der Waals surface area contributed by atoms with Gasteiger partial charge in [0.05, 0.1) is 18.5 Å². The number of phenols is 1. The van der Waals surface area contributed by atoms with Crippen LogP contribution in [0.2, 0.25) is 0 Å². The summed E-state index contributed by atoms with van der Waals surface area (Å²) in [4.78, 5) is 18.6. The Morgan fingerprint density at radius 3 is 2.43 bits per heavy atom. The van der Waals surface area contributed by atoms with Gasteiger partial charge >= 0.3 is 5.69 Å². The molecule has 5 heteroatoms. The van der Waals surface area contributed by atoms with Crippen LogP contribution in [0, 0.1) is 6.92 Å². The van der Waals surface area contributed by atoms with Crippen molar-refractivity contribution in [2.75, 3.05) is 7.11 Å². The van der Waals surface area contributed by atoms with Gasteiger partial charge in [0.25, 0.3) is 0 Å². The Bertz CT molecular complexity index is 899. The van der Waals surface area contributed by atoms with Gasteiger partial charge in [0, 0.05) is 5.56 Å². The first-order valence-electron chi connectivity index (χ1n) is 7.12. The number of hydrogen-bond donors (Lipinski definition) is 2. The van der Waals surface area contributed by atoms with Gasteiger partial charge in [-0.3, -0.25) is 0 Å². The van der Waals surface area contributed by atoms with E-state index in [0.717, 1.165) is 11.1 Å². The maximum atomic E-state index is 11.9. The van der Waals surface area contributed by atoms with Crippen molar-refractivity contribution in [3.05, 3.63) is 64.6 Å². The van der Waals surface area contributed by atoms with Gasteiger partial charge in [0.2, 0.25) is 0 Å². The minimum Gasteiger partial charge on any atom is -0.504 e. The highest BCUT2D eigenvalue weighted by Gasteiger charge is 2.09. The molecule has 2 aromatic carbocycles. The number of rotatable bonds is 3. The smallest absolute Gasteiger partial charge is 0.345 e. The monoisotopic (exact) mass is 308 g/mol. The zero-order valence-electron chi connectivity index (χ0n) is 12.8. The Labute approximate surface area is 133 Å². The number of benzene rings is 2. The van der Waals surface area contributed by atoms with Crippen LogP contribution >= 0.6 is 0 Å². The lowest BCUT2D eigenvalue weighted by Gasteiger charge is -2.08. The molecular weight excluding hydrogens is 292 g/mol. The second kappa shape index (κ2) is 5.96. The van der Waals surface area contributed by atoms with Crippen LogP contribution in [-0.4, -0.2) is 22.2 Å². The number of methoxy groups -OCH3 is 1. The molecule has 0 spiro atoms. The molecule has 1 heterocycles. The molecule has 0 saturated carbocycles. The molecule has 0 aliphatic heterocycles. The third-order valence-electron chi connectivity index (χ3n) is 3.58. The largest absolute Gasteiger partial charge is 0.504 e. The molecule has 0 atom stereocenters. The summed E-state index contributed by atoms with van der Waals surface area (Å²) in [7, 11) is 1.47. The van der Waals surface area contributed by atoms with E-state index in [0.29, 0.717) is 22.7 Å². The van der Waals surface area contributed by atoms with Gasteiger partial charge in [-0.2, -0.15) is 4.98 Å². The van der Waals surface area contributed by atoms with Crippen LogP contribution in [0.15, 0.2) is 53.3 Å². The molecular formula is C18H16N2O3. The number of nitrogens with one attached hydrogen (secondary N) is 1. The molecule has 0 aliphatic rings. The summed E-state index contributed by atoms with van der Waals surface area (Å²) in [6.45, 7) is 2.01. The number of aromatic nitrogens is 2. The van der Waals surface area contributed by atoms with Crippen LogP contribution in [0.5, 0.6) is 11.5 Å². The summed E-state index contributed by atoms with van der Waals surface area (Å²) >= 11 is 0. The maximum Gasteiger partial charge on any atom is 0.345 e. The average molecular weight is 308 g/mol. The van der Waals surface area contributed by atoms with Crippen LogP contribution < -0.4 is 10.4 Å². The normalized spacial score (nSPS) is 10.5. The fraction of sp³-hybridized carbons (Fsp3) is 0.111. The van der Waals surface area contributed by atoms with Gasteiger partial charge in [-0.25, -0.2) is 4.79 Å². The SMILES string of the molecule is COc1cc(-c2cc(-c3ccc(C)cc3)[nH]c(=O)n2)ccc1O. The topological polar surface area (TPSA) is 75.2 Å². The predicted molar refractivity (Wildman–Crippen MR) is 88.7 cm³/mol. The van der Waals surface area contributed by atoms with E-state index in [1.165, 1.54) is 13.2 Å². The van der Waals surface area contributed by atoms with E-state index in [1.807, 2.05) is 31.2 Å². The molecule has 0 fully saturated rings. The Kier molecular flexibility index (Phi) is 3.85. The van der Waals surface area contributed by atoms with Gasteiger partial charge in [-0.05, 0) is 36.8 Å². The van der Waals surface area contributed by atoms with E-state index in [1.54, 1.807) is 18.2 Å². The average Bonchev–Trinajstić information content (AvgIpc) is 2.55. The molecule has 2 N–H and O–H groups in total. The van der Waals surface area contributed by atoms with Gasteiger partial charge in [0.15, 0.2) is 11.5 Å². The number of nitrogens with zero attached hydrogens (tertiary/aromatic N) is 1. The molecule has 5 nitrogen and oxygen atoms in total. The molecule has 0 radical (unpaired) electrons.